The lowest BCUT2D eigenvalue weighted by molar-refractivity contribution is 1.33. The van der Waals surface area contributed by atoms with Crippen molar-refractivity contribution in [3.05, 3.63) is 65.2 Å². The molecular weight excluding hydrogens is 206 g/mol. The predicted octanol–water partition coefficient (Wildman–Crippen LogP) is 4.44. The fourth-order valence-corrected chi connectivity index (χ4v) is 1.73. The lowest BCUT2D eigenvalue weighted by Gasteiger charge is -2.05. The van der Waals surface area contributed by atoms with Crippen molar-refractivity contribution in [2.24, 2.45) is 4.99 Å². The summed E-state index contributed by atoms with van der Waals surface area (Å²) in [5, 5.41) is 0. The minimum Gasteiger partial charge on any atom is -0.253 e. The van der Waals surface area contributed by atoms with E-state index in [0.717, 1.165) is 11.4 Å². The van der Waals surface area contributed by atoms with Gasteiger partial charge in [-0.05, 0) is 55.7 Å². The monoisotopic (exact) mass is 223 g/mol. The normalized spacial score (nSPS) is 11.6. The van der Waals surface area contributed by atoms with Crippen LogP contribution >= 0.6 is 0 Å². The molecule has 0 spiro atoms. The summed E-state index contributed by atoms with van der Waals surface area (Å²) in [5.41, 5.74) is 5.88. The summed E-state index contributed by atoms with van der Waals surface area (Å²) < 4.78 is 0. The van der Waals surface area contributed by atoms with Gasteiger partial charge in [-0.1, -0.05) is 30.3 Å². The van der Waals surface area contributed by atoms with E-state index in [4.69, 9.17) is 0 Å². The predicted molar refractivity (Wildman–Crippen MR) is 74.2 cm³/mol. The fourth-order valence-electron chi connectivity index (χ4n) is 1.73. The number of aryl methyl sites for hydroxylation is 2. The minimum absolute atomic E-state index is 1.00. The van der Waals surface area contributed by atoms with Crippen molar-refractivity contribution in [2.45, 2.75) is 20.8 Å². The Balaban J connectivity index is 2.34. The van der Waals surface area contributed by atoms with Crippen LogP contribution in [0, 0.1) is 13.8 Å². The number of hydrogen-bond acceptors (Lipinski definition) is 1. The molecule has 17 heavy (non-hydrogen) atoms. The molecule has 0 unspecified atom stereocenters. The first kappa shape index (κ1) is 11.6. The molecule has 0 N–H and O–H groups in total. The SMILES string of the molecule is CC(=Nc1ccccc1)c1ccc(C)c(C)c1. The van der Waals surface area contributed by atoms with Crippen LogP contribution in [0.15, 0.2) is 53.5 Å². The molecule has 0 saturated carbocycles. The Morgan fingerprint density at radius 2 is 1.59 bits per heavy atom. The topological polar surface area (TPSA) is 12.4 Å². The summed E-state index contributed by atoms with van der Waals surface area (Å²) >= 11 is 0. The van der Waals surface area contributed by atoms with E-state index >= 15 is 0 Å². The third-order valence-electron chi connectivity index (χ3n) is 2.98. The molecule has 0 radical (unpaired) electrons. The summed E-state index contributed by atoms with van der Waals surface area (Å²) in [7, 11) is 0. The number of para-hydroxylation sites is 1. The molecule has 2 rings (SSSR count). The standard InChI is InChI=1S/C16H17N/c1-12-9-10-15(11-13(12)2)14(3)17-16-7-5-4-6-8-16/h4-11H,1-3H3. The van der Waals surface area contributed by atoms with Crippen LogP contribution < -0.4 is 0 Å². The second kappa shape index (κ2) is 4.96. The third kappa shape index (κ3) is 2.82. The Morgan fingerprint density at radius 3 is 2.24 bits per heavy atom. The van der Waals surface area contributed by atoms with Gasteiger partial charge in [-0.15, -0.1) is 0 Å². The first-order chi connectivity index (χ1) is 8.16. The van der Waals surface area contributed by atoms with E-state index in [-0.39, 0.29) is 0 Å². The lowest BCUT2D eigenvalue weighted by atomic mass is 10.0. The Morgan fingerprint density at radius 1 is 0.882 bits per heavy atom. The summed E-state index contributed by atoms with van der Waals surface area (Å²) in [6, 6.07) is 16.5. The first-order valence-electron chi connectivity index (χ1n) is 5.85. The summed E-state index contributed by atoms with van der Waals surface area (Å²) in [4.78, 5) is 4.62. The van der Waals surface area contributed by atoms with Gasteiger partial charge in [0.15, 0.2) is 0 Å². The molecule has 0 atom stereocenters. The van der Waals surface area contributed by atoms with Gasteiger partial charge in [0.25, 0.3) is 0 Å². The van der Waals surface area contributed by atoms with Crippen molar-refractivity contribution in [1.29, 1.82) is 0 Å². The third-order valence-corrected chi connectivity index (χ3v) is 2.98. The smallest absolute Gasteiger partial charge is 0.0633 e. The quantitative estimate of drug-likeness (QED) is 0.667. The number of nitrogens with zero attached hydrogens (tertiary/aromatic N) is 1. The van der Waals surface area contributed by atoms with Gasteiger partial charge in [-0.3, -0.25) is 4.99 Å². The molecule has 2 aromatic carbocycles. The van der Waals surface area contributed by atoms with E-state index in [9.17, 15) is 0 Å². The van der Waals surface area contributed by atoms with Crippen molar-refractivity contribution in [1.82, 2.24) is 0 Å². The van der Waals surface area contributed by atoms with Gasteiger partial charge in [0, 0.05) is 5.71 Å². The van der Waals surface area contributed by atoms with E-state index in [1.165, 1.54) is 16.7 Å². The summed E-state index contributed by atoms with van der Waals surface area (Å²) in [6.07, 6.45) is 0. The molecule has 0 aliphatic heterocycles. The van der Waals surface area contributed by atoms with Gasteiger partial charge in [0.2, 0.25) is 0 Å². The highest BCUT2D eigenvalue weighted by Crippen LogP contribution is 2.15. The maximum Gasteiger partial charge on any atom is 0.0633 e. The molecule has 0 amide bonds. The zero-order valence-electron chi connectivity index (χ0n) is 10.6. The molecule has 1 heteroatoms. The van der Waals surface area contributed by atoms with Gasteiger partial charge >= 0.3 is 0 Å². The first-order valence-corrected chi connectivity index (χ1v) is 5.85. The minimum atomic E-state index is 1.00. The number of rotatable bonds is 2. The molecule has 0 aliphatic rings. The van der Waals surface area contributed by atoms with Crippen molar-refractivity contribution >= 4 is 11.4 Å². The van der Waals surface area contributed by atoms with Crippen LogP contribution in [0.2, 0.25) is 0 Å². The van der Waals surface area contributed by atoms with Crippen molar-refractivity contribution in [3.63, 3.8) is 0 Å². The molecule has 0 aromatic heterocycles. The Hall–Kier alpha value is -1.89. The van der Waals surface area contributed by atoms with E-state index in [1.54, 1.807) is 0 Å². The Labute approximate surface area is 103 Å². The molecule has 0 bridgehead atoms. The van der Waals surface area contributed by atoms with Crippen LogP contribution in [0.5, 0.6) is 0 Å². The van der Waals surface area contributed by atoms with Crippen LogP contribution in [0.4, 0.5) is 5.69 Å². The molecule has 86 valence electrons. The second-order valence-corrected chi connectivity index (χ2v) is 4.33. The number of aliphatic imine (C=N–C) groups is 1. The molecule has 0 heterocycles. The van der Waals surface area contributed by atoms with E-state index in [0.29, 0.717) is 0 Å². The van der Waals surface area contributed by atoms with Crippen molar-refractivity contribution in [3.8, 4) is 0 Å². The van der Waals surface area contributed by atoms with Gasteiger partial charge in [-0.2, -0.15) is 0 Å². The van der Waals surface area contributed by atoms with Crippen LogP contribution in [0.1, 0.15) is 23.6 Å². The van der Waals surface area contributed by atoms with Crippen LogP contribution in [0.3, 0.4) is 0 Å². The Kier molecular flexibility index (Phi) is 3.38. The van der Waals surface area contributed by atoms with E-state index < -0.39 is 0 Å². The molecular formula is C16H17N. The van der Waals surface area contributed by atoms with Gasteiger partial charge < -0.3 is 0 Å². The molecule has 0 aliphatic carbocycles. The molecule has 2 aromatic rings. The van der Waals surface area contributed by atoms with Crippen molar-refractivity contribution < 1.29 is 0 Å². The fraction of sp³-hybridized carbons (Fsp3) is 0.188. The lowest BCUT2D eigenvalue weighted by Crippen LogP contribution is -1.95. The zero-order chi connectivity index (χ0) is 12.3. The average molecular weight is 223 g/mol. The highest BCUT2D eigenvalue weighted by molar-refractivity contribution is 6.00. The maximum absolute atomic E-state index is 4.62. The summed E-state index contributed by atoms with van der Waals surface area (Å²) in [5.74, 6) is 0. The van der Waals surface area contributed by atoms with Crippen LogP contribution in [0.25, 0.3) is 0 Å². The second-order valence-electron chi connectivity index (χ2n) is 4.33. The van der Waals surface area contributed by atoms with Crippen LogP contribution in [-0.4, -0.2) is 5.71 Å². The average Bonchev–Trinajstić information content (AvgIpc) is 2.34. The highest BCUT2D eigenvalue weighted by atomic mass is 14.7. The Bertz CT molecular complexity index is 539. The molecule has 0 fully saturated rings. The molecule has 0 saturated heterocycles. The number of hydrogen-bond donors (Lipinski definition) is 0. The summed E-state index contributed by atoms with van der Waals surface area (Å²) in [6.45, 7) is 6.31. The van der Waals surface area contributed by atoms with E-state index in [1.807, 2.05) is 30.3 Å². The number of benzene rings is 2. The zero-order valence-corrected chi connectivity index (χ0v) is 10.6. The van der Waals surface area contributed by atoms with Gasteiger partial charge in [0.05, 0.1) is 5.69 Å². The molecule has 1 nitrogen and oxygen atoms in total. The van der Waals surface area contributed by atoms with Gasteiger partial charge in [0.1, 0.15) is 0 Å². The highest BCUT2D eigenvalue weighted by Gasteiger charge is 2.00. The maximum atomic E-state index is 4.62. The van der Waals surface area contributed by atoms with E-state index in [2.05, 4.69) is 44.0 Å². The van der Waals surface area contributed by atoms with Crippen LogP contribution in [-0.2, 0) is 0 Å². The largest absolute Gasteiger partial charge is 0.253 e. The van der Waals surface area contributed by atoms with Crippen molar-refractivity contribution in [2.75, 3.05) is 0 Å². The van der Waals surface area contributed by atoms with Gasteiger partial charge in [-0.25, -0.2) is 0 Å².